The van der Waals surface area contributed by atoms with Gasteiger partial charge in [0.05, 0.1) is 5.69 Å². The predicted octanol–water partition coefficient (Wildman–Crippen LogP) is 1.28. The fourth-order valence-electron chi connectivity index (χ4n) is 1.72. The lowest BCUT2D eigenvalue weighted by atomic mass is 10.2. The number of likely N-dealkylation sites (N-methyl/N-ethyl adjacent to an activating group) is 1. The molecule has 1 unspecified atom stereocenters. The molecule has 0 radical (unpaired) electrons. The Morgan fingerprint density at radius 1 is 1.25 bits per heavy atom. The van der Waals surface area contributed by atoms with Crippen molar-refractivity contribution in [3.05, 3.63) is 24.3 Å². The van der Waals surface area contributed by atoms with Gasteiger partial charge >= 0.3 is 5.97 Å². The Labute approximate surface area is 119 Å². The predicted molar refractivity (Wildman–Crippen MR) is 77.4 cm³/mol. The Kier molecular flexibility index (Phi) is 5.13. The van der Waals surface area contributed by atoms with Crippen molar-refractivity contribution < 1.29 is 18.3 Å². The topological polar surface area (TPSA) is 86.7 Å². The zero-order chi connectivity index (χ0) is 15.5. The van der Waals surface area contributed by atoms with Gasteiger partial charge in [-0.15, -0.1) is 0 Å². The third kappa shape index (κ3) is 3.71. The van der Waals surface area contributed by atoms with Crippen molar-refractivity contribution in [2.24, 2.45) is 0 Å². The van der Waals surface area contributed by atoms with Crippen LogP contribution in [0.5, 0.6) is 0 Å². The minimum Gasteiger partial charge on any atom is -0.480 e. The van der Waals surface area contributed by atoms with Gasteiger partial charge in [-0.05, 0) is 32.9 Å². The van der Waals surface area contributed by atoms with Crippen molar-refractivity contribution in [2.45, 2.75) is 37.8 Å². The van der Waals surface area contributed by atoms with Crippen LogP contribution in [-0.4, -0.2) is 38.6 Å². The number of aliphatic carboxylic acids is 1. The van der Waals surface area contributed by atoms with Gasteiger partial charge in [0.2, 0.25) is 10.0 Å². The molecular formula is C13H20N2O4S. The number of anilines is 1. The van der Waals surface area contributed by atoms with Gasteiger partial charge < -0.3 is 10.0 Å². The molecule has 0 heterocycles. The molecule has 0 amide bonds. The zero-order valence-electron chi connectivity index (χ0n) is 12.0. The summed E-state index contributed by atoms with van der Waals surface area (Å²) >= 11 is 0. The molecule has 0 aromatic heterocycles. The number of para-hydroxylation sites is 1. The lowest BCUT2D eigenvalue weighted by Crippen LogP contribution is -2.38. The summed E-state index contributed by atoms with van der Waals surface area (Å²) in [6.07, 6.45) is 0. The third-order valence-corrected chi connectivity index (χ3v) is 4.57. The lowest BCUT2D eigenvalue weighted by Gasteiger charge is -2.26. The Balaban J connectivity index is 3.28. The molecule has 0 spiro atoms. The molecule has 0 fully saturated rings. The van der Waals surface area contributed by atoms with Crippen LogP contribution in [-0.2, 0) is 14.8 Å². The number of nitrogens with one attached hydrogen (secondary N) is 1. The summed E-state index contributed by atoms with van der Waals surface area (Å²) in [5.74, 6) is -1.02. The minimum absolute atomic E-state index is 0.0734. The van der Waals surface area contributed by atoms with Gasteiger partial charge in [-0.3, -0.25) is 0 Å². The molecular weight excluding hydrogens is 280 g/mol. The Bertz CT molecular complexity index is 584. The van der Waals surface area contributed by atoms with E-state index in [1.807, 2.05) is 0 Å². The van der Waals surface area contributed by atoms with Crippen LogP contribution in [0.15, 0.2) is 29.2 Å². The standard InChI is InChI=1S/C13H20N2O4S/c1-9(2)14-20(18,19)12-8-6-5-7-11(12)15(4)10(3)13(16)17/h5-10,14H,1-4H3,(H,16,17). The molecule has 1 rings (SSSR count). The number of benzene rings is 1. The monoisotopic (exact) mass is 300 g/mol. The second-order valence-electron chi connectivity index (χ2n) is 4.87. The summed E-state index contributed by atoms with van der Waals surface area (Å²) in [6, 6.07) is 5.27. The van der Waals surface area contributed by atoms with E-state index in [2.05, 4.69) is 4.72 Å². The first-order chi connectivity index (χ1) is 9.16. The van der Waals surface area contributed by atoms with Crippen molar-refractivity contribution >= 4 is 21.7 Å². The Morgan fingerprint density at radius 3 is 2.30 bits per heavy atom. The van der Waals surface area contributed by atoms with Gasteiger partial charge in [-0.25, -0.2) is 17.9 Å². The number of rotatable bonds is 6. The average Bonchev–Trinajstić information content (AvgIpc) is 2.35. The van der Waals surface area contributed by atoms with Crippen LogP contribution in [0, 0.1) is 0 Å². The maximum atomic E-state index is 12.3. The smallest absolute Gasteiger partial charge is 0.326 e. The highest BCUT2D eigenvalue weighted by atomic mass is 32.2. The molecule has 20 heavy (non-hydrogen) atoms. The van der Waals surface area contributed by atoms with E-state index >= 15 is 0 Å². The highest BCUT2D eigenvalue weighted by molar-refractivity contribution is 7.89. The van der Waals surface area contributed by atoms with E-state index in [9.17, 15) is 13.2 Å². The van der Waals surface area contributed by atoms with Crippen molar-refractivity contribution in [3.8, 4) is 0 Å². The highest BCUT2D eigenvalue weighted by Gasteiger charge is 2.25. The van der Waals surface area contributed by atoms with Gasteiger partial charge in [-0.2, -0.15) is 0 Å². The van der Waals surface area contributed by atoms with Crippen LogP contribution in [0.4, 0.5) is 5.69 Å². The van der Waals surface area contributed by atoms with Crippen LogP contribution in [0.2, 0.25) is 0 Å². The second kappa shape index (κ2) is 6.23. The van der Waals surface area contributed by atoms with Crippen molar-refractivity contribution in [1.29, 1.82) is 0 Å². The fraction of sp³-hybridized carbons (Fsp3) is 0.462. The van der Waals surface area contributed by atoms with Gasteiger partial charge in [-0.1, -0.05) is 12.1 Å². The van der Waals surface area contributed by atoms with Crippen molar-refractivity contribution in [2.75, 3.05) is 11.9 Å². The number of carboxylic acid groups (broad SMARTS) is 1. The first-order valence-electron chi connectivity index (χ1n) is 6.24. The summed E-state index contributed by atoms with van der Waals surface area (Å²) in [5, 5.41) is 9.05. The second-order valence-corrected chi connectivity index (χ2v) is 6.55. The van der Waals surface area contributed by atoms with Gasteiger partial charge in [0.15, 0.2) is 0 Å². The normalized spacial score (nSPS) is 13.2. The Morgan fingerprint density at radius 2 is 1.80 bits per heavy atom. The molecule has 1 atom stereocenters. The number of nitrogens with zero attached hydrogens (tertiary/aromatic N) is 1. The number of hydrogen-bond donors (Lipinski definition) is 2. The summed E-state index contributed by atoms with van der Waals surface area (Å²) < 4.78 is 27.0. The van der Waals surface area contributed by atoms with Crippen LogP contribution in [0.1, 0.15) is 20.8 Å². The number of carbonyl (C=O) groups is 1. The molecule has 0 aliphatic heterocycles. The number of hydrogen-bond acceptors (Lipinski definition) is 4. The largest absolute Gasteiger partial charge is 0.480 e. The molecule has 1 aromatic rings. The maximum absolute atomic E-state index is 12.3. The van der Waals surface area contributed by atoms with E-state index < -0.39 is 22.0 Å². The summed E-state index contributed by atoms with van der Waals surface area (Å²) in [7, 11) is -2.12. The molecule has 0 saturated heterocycles. The first-order valence-corrected chi connectivity index (χ1v) is 7.72. The van der Waals surface area contributed by atoms with Crippen LogP contribution >= 0.6 is 0 Å². The molecule has 0 bridgehead atoms. The SMILES string of the molecule is CC(C)NS(=O)(=O)c1ccccc1N(C)C(C)C(=O)O. The zero-order valence-corrected chi connectivity index (χ0v) is 12.8. The highest BCUT2D eigenvalue weighted by Crippen LogP contribution is 2.25. The number of carboxylic acids is 1. The molecule has 6 nitrogen and oxygen atoms in total. The molecule has 1 aromatic carbocycles. The van der Waals surface area contributed by atoms with Gasteiger partial charge in [0.25, 0.3) is 0 Å². The van der Waals surface area contributed by atoms with E-state index in [4.69, 9.17) is 5.11 Å². The summed E-state index contributed by atoms with van der Waals surface area (Å²) in [4.78, 5) is 12.5. The summed E-state index contributed by atoms with van der Waals surface area (Å²) in [5.41, 5.74) is 0.357. The van der Waals surface area contributed by atoms with Gasteiger partial charge in [0, 0.05) is 13.1 Å². The third-order valence-electron chi connectivity index (χ3n) is 2.86. The lowest BCUT2D eigenvalue weighted by molar-refractivity contribution is -0.138. The average molecular weight is 300 g/mol. The van der Waals surface area contributed by atoms with E-state index in [-0.39, 0.29) is 10.9 Å². The Hall–Kier alpha value is -1.60. The molecule has 0 aliphatic carbocycles. The van der Waals surface area contributed by atoms with Crippen LogP contribution in [0.3, 0.4) is 0 Å². The minimum atomic E-state index is -3.68. The first kappa shape index (κ1) is 16.5. The molecule has 112 valence electrons. The van der Waals surface area contributed by atoms with Gasteiger partial charge in [0.1, 0.15) is 10.9 Å². The molecule has 0 saturated carbocycles. The van der Waals surface area contributed by atoms with E-state index in [1.54, 1.807) is 39.1 Å². The molecule has 2 N–H and O–H groups in total. The van der Waals surface area contributed by atoms with E-state index in [0.717, 1.165) is 0 Å². The van der Waals surface area contributed by atoms with Crippen molar-refractivity contribution in [1.82, 2.24) is 4.72 Å². The maximum Gasteiger partial charge on any atom is 0.326 e. The van der Waals surface area contributed by atoms with Crippen molar-refractivity contribution in [3.63, 3.8) is 0 Å². The van der Waals surface area contributed by atoms with Crippen LogP contribution in [0.25, 0.3) is 0 Å². The molecule has 0 aliphatic rings. The van der Waals surface area contributed by atoms with E-state index in [1.165, 1.54) is 17.9 Å². The fourth-order valence-corrected chi connectivity index (χ4v) is 3.22. The number of sulfonamides is 1. The molecule has 7 heteroatoms. The quantitative estimate of drug-likeness (QED) is 0.826. The van der Waals surface area contributed by atoms with E-state index in [0.29, 0.717) is 5.69 Å². The summed E-state index contributed by atoms with van der Waals surface area (Å²) in [6.45, 7) is 4.95. The van der Waals surface area contributed by atoms with Crippen LogP contribution < -0.4 is 9.62 Å².